The Morgan fingerprint density at radius 3 is 2.48 bits per heavy atom. The summed E-state index contributed by atoms with van der Waals surface area (Å²) in [6.45, 7) is 3.70. The van der Waals surface area contributed by atoms with Crippen LogP contribution in [0.5, 0.6) is 5.75 Å². The number of ketones is 1. The van der Waals surface area contributed by atoms with Crippen molar-refractivity contribution in [1.82, 2.24) is 0 Å². The summed E-state index contributed by atoms with van der Waals surface area (Å²) in [5.41, 5.74) is 2.35. The van der Waals surface area contributed by atoms with Crippen LogP contribution < -0.4 is 10.1 Å². The van der Waals surface area contributed by atoms with Gasteiger partial charge in [0, 0.05) is 17.2 Å². The fourth-order valence-electron chi connectivity index (χ4n) is 5.42. The van der Waals surface area contributed by atoms with Gasteiger partial charge in [-0.3, -0.25) is 14.4 Å². The van der Waals surface area contributed by atoms with Gasteiger partial charge in [0.2, 0.25) is 11.7 Å². The van der Waals surface area contributed by atoms with E-state index >= 15 is 0 Å². The monoisotopic (exact) mass is 419 g/mol. The van der Waals surface area contributed by atoms with Gasteiger partial charge in [0.25, 0.3) is 0 Å². The van der Waals surface area contributed by atoms with Gasteiger partial charge in [-0.25, -0.2) is 0 Å². The van der Waals surface area contributed by atoms with E-state index in [0.717, 1.165) is 18.4 Å². The summed E-state index contributed by atoms with van der Waals surface area (Å²) in [6.07, 6.45) is 1.09. The molecule has 1 amide bonds. The van der Waals surface area contributed by atoms with Crippen molar-refractivity contribution in [3.63, 3.8) is 0 Å². The van der Waals surface area contributed by atoms with E-state index in [2.05, 4.69) is 5.32 Å². The van der Waals surface area contributed by atoms with Crippen molar-refractivity contribution >= 4 is 23.3 Å². The number of Topliss-reactive ketones (excluding diaryl/α,β-unsaturated/α-hetero) is 1. The second-order valence-corrected chi connectivity index (χ2v) is 8.93. The molecule has 1 N–H and O–H groups in total. The number of carbonyl (C=O) groups excluding carboxylic acids is 3. The van der Waals surface area contributed by atoms with E-state index < -0.39 is 6.10 Å². The highest BCUT2D eigenvalue weighted by Gasteiger charge is 2.63. The minimum absolute atomic E-state index is 0.0209. The molecule has 3 aliphatic rings. The summed E-state index contributed by atoms with van der Waals surface area (Å²) < 4.78 is 11.2. The van der Waals surface area contributed by atoms with Gasteiger partial charge < -0.3 is 14.8 Å². The molecule has 1 saturated heterocycles. The molecular weight excluding hydrogens is 394 g/mol. The first kappa shape index (κ1) is 19.8. The number of hydrogen-bond donors (Lipinski definition) is 1. The van der Waals surface area contributed by atoms with Crippen LogP contribution in [0.25, 0.3) is 0 Å². The topological polar surface area (TPSA) is 81.7 Å². The summed E-state index contributed by atoms with van der Waals surface area (Å²) in [4.78, 5) is 37.6. The van der Waals surface area contributed by atoms with Crippen LogP contribution in [-0.2, 0) is 14.3 Å². The number of carbonyl (C=O) groups is 3. The van der Waals surface area contributed by atoms with Crippen LogP contribution in [0.2, 0.25) is 0 Å². The van der Waals surface area contributed by atoms with Crippen LogP contribution in [0.4, 0.5) is 5.69 Å². The highest BCUT2D eigenvalue weighted by atomic mass is 16.6. The van der Waals surface area contributed by atoms with E-state index in [0.29, 0.717) is 17.0 Å². The standard InChI is InChI=1S/C25H25NO5/c1-13-3-5-15(6-4-13)23(27)14(2)30-18-9-7-17(8-10-18)26-24(28)21-16-11-19-20(12-16)31-25(29)22(19)21/h3-10,14,16,19-22H,11-12H2,1-2H3,(H,26,28)/t14-,16+,19-,20+,21+,22+/m0/s1. The number of benzene rings is 2. The molecule has 2 saturated carbocycles. The van der Waals surface area contributed by atoms with Gasteiger partial charge in [0.1, 0.15) is 11.9 Å². The zero-order valence-electron chi connectivity index (χ0n) is 17.5. The lowest BCUT2D eigenvalue weighted by Gasteiger charge is -2.23. The zero-order chi connectivity index (χ0) is 21.7. The number of aryl methyl sites for hydroxylation is 1. The summed E-state index contributed by atoms with van der Waals surface area (Å²) in [5, 5.41) is 2.94. The highest BCUT2D eigenvalue weighted by Crippen LogP contribution is 2.57. The summed E-state index contributed by atoms with van der Waals surface area (Å²) in [6, 6.07) is 14.4. The summed E-state index contributed by atoms with van der Waals surface area (Å²) >= 11 is 0. The normalized spacial score (nSPS) is 28.8. The van der Waals surface area contributed by atoms with E-state index in [1.54, 1.807) is 43.3 Å². The number of amides is 1. The molecule has 3 fully saturated rings. The van der Waals surface area contributed by atoms with Crippen LogP contribution in [-0.4, -0.2) is 29.9 Å². The number of hydrogen-bond acceptors (Lipinski definition) is 5. The lowest BCUT2D eigenvalue weighted by Crippen LogP contribution is -2.35. The molecule has 5 rings (SSSR count). The highest BCUT2D eigenvalue weighted by molar-refractivity contribution is 5.99. The van der Waals surface area contributed by atoms with Gasteiger partial charge in [-0.1, -0.05) is 29.8 Å². The smallest absolute Gasteiger partial charge is 0.310 e. The predicted octanol–water partition coefficient (Wildman–Crippen LogP) is 3.78. The molecule has 2 bridgehead atoms. The Kier molecular flexibility index (Phi) is 4.80. The Morgan fingerprint density at radius 2 is 1.77 bits per heavy atom. The van der Waals surface area contributed by atoms with Gasteiger partial charge in [0.05, 0.1) is 11.8 Å². The van der Waals surface area contributed by atoms with Crippen LogP contribution in [0.1, 0.15) is 35.7 Å². The quantitative estimate of drug-likeness (QED) is 0.569. The van der Waals surface area contributed by atoms with Gasteiger partial charge in [0.15, 0.2) is 6.10 Å². The molecule has 2 aromatic rings. The number of fused-ring (bicyclic) bond motifs is 1. The lowest BCUT2D eigenvalue weighted by molar-refractivity contribution is -0.145. The molecule has 0 radical (unpaired) electrons. The van der Waals surface area contributed by atoms with Crippen molar-refractivity contribution in [2.75, 3.05) is 5.32 Å². The van der Waals surface area contributed by atoms with Gasteiger partial charge in [-0.05, 0) is 56.9 Å². The van der Waals surface area contributed by atoms with Gasteiger partial charge in [-0.15, -0.1) is 0 Å². The van der Waals surface area contributed by atoms with Crippen molar-refractivity contribution < 1.29 is 23.9 Å². The SMILES string of the molecule is Cc1ccc(C(=O)[C@H](C)Oc2ccc(NC(=O)[C@@H]3[C@@H]4C[C@@H]5[C@H]3C(=O)O[C@@H]5C4)cc2)cc1. The van der Waals surface area contributed by atoms with E-state index in [4.69, 9.17) is 9.47 Å². The number of rotatable bonds is 6. The van der Waals surface area contributed by atoms with E-state index in [1.807, 2.05) is 19.1 Å². The molecule has 31 heavy (non-hydrogen) atoms. The van der Waals surface area contributed by atoms with Crippen LogP contribution in [0.15, 0.2) is 48.5 Å². The molecule has 6 nitrogen and oxygen atoms in total. The second-order valence-electron chi connectivity index (χ2n) is 8.93. The van der Waals surface area contributed by atoms with Gasteiger partial charge in [-0.2, -0.15) is 0 Å². The molecular formula is C25H25NO5. The maximum absolute atomic E-state index is 12.9. The molecule has 6 atom stereocenters. The maximum Gasteiger partial charge on any atom is 0.310 e. The fraction of sp³-hybridized carbons (Fsp3) is 0.400. The minimum Gasteiger partial charge on any atom is -0.483 e. The zero-order valence-corrected chi connectivity index (χ0v) is 17.5. The lowest BCUT2D eigenvalue weighted by atomic mass is 9.79. The maximum atomic E-state index is 12.9. The Bertz CT molecular complexity index is 1030. The van der Waals surface area contributed by atoms with Crippen molar-refractivity contribution in [1.29, 1.82) is 0 Å². The Balaban J connectivity index is 1.20. The first-order valence-electron chi connectivity index (χ1n) is 10.8. The van der Waals surface area contributed by atoms with E-state index in [-0.39, 0.29) is 47.4 Å². The first-order valence-corrected chi connectivity index (χ1v) is 10.8. The molecule has 2 aliphatic carbocycles. The first-order chi connectivity index (χ1) is 14.9. The Morgan fingerprint density at radius 1 is 1.06 bits per heavy atom. The molecule has 2 aromatic carbocycles. The van der Waals surface area contributed by atoms with E-state index in [1.165, 1.54) is 0 Å². The number of nitrogens with one attached hydrogen (secondary N) is 1. The fourth-order valence-corrected chi connectivity index (χ4v) is 5.42. The Labute approximate surface area is 180 Å². The molecule has 0 unspecified atom stereocenters. The van der Waals surface area contributed by atoms with Crippen LogP contribution >= 0.6 is 0 Å². The van der Waals surface area contributed by atoms with Crippen LogP contribution in [0.3, 0.4) is 0 Å². The molecule has 160 valence electrons. The molecule has 6 heteroatoms. The Hall–Kier alpha value is -3.15. The van der Waals surface area contributed by atoms with Crippen molar-refractivity contribution in [2.24, 2.45) is 23.7 Å². The second kappa shape index (κ2) is 7.52. The third-order valence-corrected chi connectivity index (χ3v) is 6.93. The minimum atomic E-state index is -0.626. The van der Waals surface area contributed by atoms with Crippen LogP contribution in [0, 0.1) is 30.6 Å². The molecule has 1 heterocycles. The average Bonchev–Trinajstić information content (AvgIpc) is 3.38. The number of ether oxygens (including phenoxy) is 2. The number of anilines is 1. The predicted molar refractivity (Wildman–Crippen MR) is 114 cm³/mol. The molecule has 0 aromatic heterocycles. The number of esters is 1. The molecule has 1 aliphatic heterocycles. The molecule has 0 spiro atoms. The van der Waals surface area contributed by atoms with Crippen molar-refractivity contribution in [3.8, 4) is 5.75 Å². The van der Waals surface area contributed by atoms with E-state index in [9.17, 15) is 14.4 Å². The van der Waals surface area contributed by atoms with Crippen molar-refractivity contribution in [2.45, 2.75) is 38.9 Å². The average molecular weight is 419 g/mol. The third-order valence-electron chi connectivity index (χ3n) is 6.93. The third kappa shape index (κ3) is 3.50. The van der Waals surface area contributed by atoms with Crippen molar-refractivity contribution in [3.05, 3.63) is 59.7 Å². The summed E-state index contributed by atoms with van der Waals surface area (Å²) in [7, 11) is 0. The summed E-state index contributed by atoms with van der Waals surface area (Å²) in [5.74, 6) is -0.0420. The largest absolute Gasteiger partial charge is 0.483 e. The van der Waals surface area contributed by atoms with Gasteiger partial charge >= 0.3 is 5.97 Å².